The van der Waals surface area contributed by atoms with Crippen LogP contribution in [-0.4, -0.2) is 54.4 Å². The van der Waals surface area contributed by atoms with Crippen LogP contribution in [0, 0.1) is 0 Å². The summed E-state index contributed by atoms with van der Waals surface area (Å²) in [4.78, 5) is 21.5. The molecule has 5 nitrogen and oxygen atoms in total. The van der Waals surface area contributed by atoms with Crippen LogP contribution in [0.4, 0.5) is 5.69 Å². The monoisotopic (exact) mass is 306 g/mol. The first kappa shape index (κ1) is 15.7. The Morgan fingerprint density at radius 3 is 2.76 bits per heavy atom. The molecule has 2 rings (SSSR count). The molecule has 114 valence electrons. The second kappa shape index (κ2) is 6.87. The third kappa shape index (κ3) is 3.51. The first-order valence-corrected chi connectivity index (χ1v) is 7.93. The zero-order valence-electron chi connectivity index (χ0n) is 12.8. The summed E-state index contributed by atoms with van der Waals surface area (Å²) in [5.41, 5.74) is 7.34. The van der Waals surface area contributed by atoms with E-state index in [1.54, 1.807) is 6.20 Å². The van der Waals surface area contributed by atoms with Gasteiger partial charge in [0.2, 0.25) is 0 Å². The Morgan fingerprint density at radius 2 is 2.14 bits per heavy atom. The van der Waals surface area contributed by atoms with Crippen LogP contribution in [-0.2, 0) is 0 Å². The normalized spacial score (nSPS) is 11.2. The van der Waals surface area contributed by atoms with Crippen molar-refractivity contribution in [1.82, 2.24) is 14.8 Å². The third-order valence-electron chi connectivity index (χ3n) is 3.38. The summed E-state index contributed by atoms with van der Waals surface area (Å²) in [5, 5.41) is 0. The molecule has 0 fully saturated rings. The van der Waals surface area contributed by atoms with Gasteiger partial charge in [-0.3, -0.25) is 9.78 Å². The van der Waals surface area contributed by atoms with E-state index in [4.69, 9.17) is 5.73 Å². The van der Waals surface area contributed by atoms with Gasteiger partial charge < -0.3 is 15.5 Å². The first-order chi connectivity index (χ1) is 10.0. The Bertz CT molecular complexity index is 623. The Labute approximate surface area is 129 Å². The van der Waals surface area contributed by atoms with Crippen LogP contribution in [0.25, 0.3) is 10.2 Å². The fraction of sp³-hybridized carbons (Fsp3) is 0.467. The molecule has 0 spiro atoms. The van der Waals surface area contributed by atoms with Gasteiger partial charge in [0.15, 0.2) is 0 Å². The van der Waals surface area contributed by atoms with Crippen molar-refractivity contribution < 1.29 is 4.79 Å². The van der Waals surface area contributed by atoms with Gasteiger partial charge in [0, 0.05) is 19.3 Å². The molecular formula is C15H22N4OS. The largest absolute Gasteiger partial charge is 0.396 e. The Kier molecular flexibility index (Phi) is 5.14. The van der Waals surface area contributed by atoms with Crippen molar-refractivity contribution >= 4 is 33.1 Å². The number of carbonyl (C=O) groups excluding carboxylic acids is 1. The van der Waals surface area contributed by atoms with Crippen LogP contribution < -0.4 is 5.73 Å². The summed E-state index contributed by atoms with van der Waals surface area (Å²) in [5.74, 6) is 0.0109. The number of pyridine rings is 1. The maximum atomic E-state index is 12.7. The predicted octanol–water partition coefficient (Wildman–Crippen LogP) is 2.29. The molecule has 0 saturated carbocycles. The molecule has 0 radical (unpaired) electrons. The SMILES string of the molecule is CCN(CCCN(C)C)C(=O)c1sc2cccnc2c1N. The third-order valence-corrected chi connectivity index (χ3v) is 4.53. The number of rotatable bonds is 6. The highest BCUT2D eigenvalue weighted by Crippen LogP contribution is 2.32. The molecule has 0 bridgehead atoms. The zero-order chi connectivity index (χ0) is 15.4. The Morgan fingerprint density at radius 1 is 1.38 bits per heavy atom. The molecule has 0 saturated heterocycles. The molecule has 0 aliphatic rings. The maximum Gasteiger partial charge on any atom is 0.266 e. The summed E-state index contributed by atoms with van der Waals surface area (Å²) < 4.78 is 0.961. The van der Waals surface area contributed by atoms with Crippen molar-refractivity contribution in [2.24, 2.45) is 0 Å². The number of hydrogen-bond acceptors (Lipinski definition) is 5. The van der Waals surface area contributed by atoms with Gasteiger partial charge in [0.25, 0.3) is 5.91 Å². The van der Waals surface area contributed by atoms with Gasteiger partial charge in [0.05, 0.1) is 10.4 Å². The van der Waals surface area contributed by atoms with Gasteiger partial charge in [-0.15, -0.1) is 11.3 Å². The lowest BCUT2D eigenvalue weighted by Crippen LogP contribution is -2.33. The Balaban J connectivity index is 2.17. The summed E-state index contributed by atoms with van der Waals surface area (Å²) in [6.45, 7) is 4.39. The topological polar surface area (TPSA) is 62.5 Å². The summed E-state index contributed by atoms with van der Waals surface area (Å²) in [6, 6.07) is 3.81. The molecule has 0 aliphatic heterocycles. The van der Waals surface area contributed by atoms with E-state index in [1.807, 2.05) is 38.1 Å². The first-order valence-electron chi connectivity index (χ1n) is 7.11. The number of fused-ring (bicyclic) bond motifs is 1. The number of nitrogens with two attached hydrogens (primary N) is 1. The molecule has 0 aliphatic carbocycles. The minimum Gasteiger partial charge on any atom is -0.396 e. The molecule has 0 unspecified atom stereocenters. The number of carbonyl (C=O) groups is 1. The molecule has 1 amide bonds. The lowest BCUT2D eigenvalue weighted by atomic mass is 10.3. The number of hydrogen-bond donors (Lipinski definition) is 1. The van der Waals surface area contributed by atoms with Crippen molar-refractivity contribution in [2.75, 3.05) is 39.5 Å². The highest BCUT2D eigenvalue weighted by Gasteiger charge is 2.21. The second-order valence-electron chi connectivity index (χ2n) is 5.24. The van der Waals surface area contributed by atoms with Crippen molar-refractivity contribution in [2.45, 2.75) is 13.3 Å². The summed E-state index contributed by atoms with van der Waals surface area (Å²) in [6.07, 6.45) is 2.66. The van der Waals surface area contributed by atoms with Gasteiger partial charge in [-0.05, 0) is 46.1 Å². The number of amides is 1. The van der Waals surface area contributed by atoms with E-state index in [9.17, 15) is 4.79 Å². The van der Waals surface area contributed by atoms with E-state index in [0.29, 0.717) is 17.1 Å². The van der Waals surface area contributed by atoms with E-state index >= 15 is 0 Å². The molecule has 0 atom stereocenters. The minimum atomic E-state index is 0.0109. The zero-order valence-corrected chi connectivity index (χ0v) is 13.6. The van der Waals surface area contributed by atoms with Gasteiger partial charge in [-0.2, -0.15) is 0 Å². The van der Waals surface area contributed by atoms with Crippen LogP contribution in [0.3, 0.4) is 0 Å². The van der Waals surface area contributed by atoms with Crippen LogP contribution in [0.5, 0.6) is 0 Å². The van der Waals surface area contributed by atoms with Crippen molar-refractivity contribution in [1.29, 1.82) is 0 Å². The fourth-order valence-corrected chi connectivity index (χ4v) is 3.28. The standard InChI is InChI=1S/C15H22N4OS/c1-4-19(10-6-9-18(2)3)15(20)14-12(16)13-11(21-14)7-5-8-17-13/h5,7-8H,4,6,9-10,16H2,1-3H3. The van der Waals surface area contributed by atoms with Crippen LogP contribution in [0.15, 0.2) is 18.3 Å². The summed E-state index contributed by atoms with van der Waals surface area (Å²) >= 11 is 1.43. The van der Waals surface area contributed by atoms with Crippen LogP contribution >= 0.6 is 11.3 Å². The molecule has 6 heteroatoms. The number of thiophene rings is 1. The number of anilines is 1. The van der Waals surface area contributed by atoms with Crippen molar-refractivity contribution in [3.05, 3.63) is 23.2 Å². The molecule has 21 heavy (non-hydrogen) atoms. The van der Waals surface area contributed by atoms with Gasteiger partial charge in [-0.1, -0.05) is 0 Å². The highest BCUT2D eigenvalue weighted by molar-refractivity contribution is 7.21. The average Bonchev–Trinajstić information content (AvgIpc) is 2.80. The fourth-order valence-electron chi connectivity index (χ4n) is 2.23. The van der Waals surface area contributed by atoms with Crippen molar-refractivity contribution in [3.63, 3.8) is 0 Å². The molecule has 2 N–H and O–H groups in total. The molecule has 2 aromatic rings. The van der Waals surface area contributed by atoms with Crippen molar-refractivity contribution in [3.8, 4) is 0 Å². The molecule has 2 heterocycles. The number of aromatic nitrogens is 1. The van der Waals surface area contributed by atoms with E-state index in [-0.39, 0.29) is 5.91 Å². The quantitative estimate of drug-likeness (QED) is 0.889. The van der Waals surface area contributed by atoms with E-state index in [1.165, 1.54) is 11.3 Å². The molecular weight excluding hydrogens is 284 g/mol. The lowest BCUT2D eigenvalue weighted by molar-refractivity contribution is 0.0765. The van der Waals surface area contributed by atoms with E-state index < -0.39 is 0 Å². The Hall–Kier alpha value is -1.66. The second-order valence-corrected chi connectivity index (χ2v) is 6.29. The number of nitrogen functional groups attached to an aromatic ring is 1. The number of nitrogens with zero attached hydrogens (tertiary/aromatic N) is 3. The average molecular weight is 306 g/mol. The van der Waals surface area contributed by atoms with Gasteiger partial charge >= 0.3 is 0 Å². The van der Waals surface area contributed by atoms with Crippen LogP contribution in [0.2, 0.25) is 0 Å². The van der Waals surface area contributed by atoms with Crippen LogP contribution in [0.1, 0.15) is 23.0 Å². The van der Waals surface area contributed by atoms with E-state index in [0.717, 1.165) is 29.7 Å². The smallest absolute Gasteiger partial charge is 0.266 e. The van der Waals surface area contributed by atoms with E-state index in [2.05, 4.69) is 9.88 Å². The minimum absolute atomic E-state index is 0.0109. The maximum absolute atomic E-state index is 12.7. The predicted molar refractivity (Wildman–Crippen MR) is 88.8 cm³/mol. The van der Waals surface area contributed by atoms with Gasteiger partial charge in [-0.25, -0.2) is 0 Å². The molecule has 0 aromatic carbocycles. The lowest BCUT2D eigenvalue weighted by Gasteiger charge is -2.21. The van der Waals surface area contributed by atoms with Gasteiger partial charge in [0.1, 0.15) is 10.4 Å². The summed E-state index contributed by atoms with van der Waals surface area (Å²) in [7, 11) is 4.07. The highest BCUT2D eigenvalue weighted by atomic mass is 32.1. The molecule has 2 aromatic heterocycles.